The number of allylic oxidation sites excluding steroid dienone is 8. The predicted octanol–water partition coefficient (Wildman–Crippen LogP) is -1.04. The molecule has 2 aliphatic rings. The minimum atomic E-state index is 0. The Morgan fingerprint density at radius 3 is 1.42 bits per heavy atom. The van der Waals surface area contributed by atoms with Gasteiger partial charge in [0.15, 0.2) is 0 Å². The van der Waals surface area contributed by atoms with Crippen molar-refractivity contribution in [1.29, 1.82) is 0 Å². The molecule has 0 unspecified atom stereocenters. The molecule has 0 atom stereocenters. The molecule has 19 heavy (non-hydrogen) atoms. The molecule has 0 aromatic heterocycles. The molecule has 2 aliphatic carbocycles. The smallest absolute Gasteiger partial charge is 1.00 e. The molecule has 0 amide bonds. The Morgan fingerprint density at radius 2 is 1.21 bits per heavy atom. The maximum absolute atomic E-state index is 3.26. The molecule has 0 radical (unpaired) electrons. The van der Waals surface area contributed by atoms with Crippen molar-refractivity contribution in [2.24, 2.45) is 0 Å². The fourth-order valence-corrected chi connectivity index (χ4v) is 1.78. The zero-order chi connectivity index (χ0) is 11.6. The summed E-state index contributed by atoms with van der Waals surface area (Å²) in [6.07, 6.45) is 22.2. The van der Waals surface area contributed by atoms with Crippen LogP contribution in [0, 0.1) is 12.2 Å². The molecule has 0 nitrogen and oxygen atoms in total. The van der Waals surface area contributed by atoms with Crippen molar-refractivity contribution in [2.75, 3.05) is 0 Å². The zero-order valence-corrected chi connectivity index (χ0v) is 14.9. The van der Waals surface area contributed by atoms with Gasteiger partial charge in [-0.25, -0.2) is 23.3 Å². The van der Waals surface area contributed by atoms with E-state index in [2.05, 4.69) is 50.3 Å². The molecule has 0 spiro atoms. The summed E-state index contributed by atoms with van der Waals surface area (Å²) in [6, 6.07) is 0. The topological polar surface area (TPSA) is 0 Å². The SMILES string of the molecule is CCCC1=[C-]CC=C1.CCCC1=[C-]CC=C1.[Cl-].[Cl-].[Ti+4]. The van der Waals surface area contributed by atoms with E-state index in [1.54, 1.807) is 0 Å². The average molecular weight is 333 g/mol. The van der Waals surface area contributed by atoms with Gasteiger partial charge < -0.3 is 24.8 Å². The summed E-state index contributed by atoms with van der Waals surface area (Å²) in [4.78, 5) is 0. The van der Waals surface area contributed by atoms with Crippen LogP contribution in [0.2, 0.25) is 0 Å². The van der Waals surface area contributed by atoms with Gasteiger partial charge in [0.25, 0.3) is 0 Å². The molecule has 3 heteroatoms. The molecule has 104 valence electrons. The Hall–Kier alpha value is 0.254. The van der Waals surface area contributed by atoms with Gasteiger partial charge in [-0.05, 0) is 0 Å². The summed E-state index contributed by atoms with van der Waals surface area (Å²) in [5, 5.41) is 0. The van der Waals surface area contributed by atoms with Crippen LogP contribution >= 0.6 is 0 Å². The van der Waals surface area contributed by atoms with Gasteiger partial charge in [-0.1, -0.05) is 39.5 Å². The summed E-state index contributed by atoms with van der Waals surface area (Å²) in [7, 11) is 0. The van der Waals surface area contributed by atoms with Gasteiger partial charge in [0, 0.05) is 0 Å². The molecule has 0 aromatic carbocycles. The van der Waals surface area contributed by atoms with E-state index < -0.39 is 0 Å². The number of hydrogen-bond donors (Lipinski definition) is 0. The molecule has 0 aliphatic heterocycles. The Morgan fingerprint density at radius 1 is 0.842 bits per heavy atom. The van der Waals surface area contributed by atoms with E-state index in [9.17, 15) is 0 Å². The summed E-state index contributed by atoms with van der Waals surface area (Å²) in [5.41, 5.74) is 2.79. The molecule has 2 rings (SSSR count). The van der Waals surface area contributed by atoms with Crippen molar-refractivity contribution in [3.8, 4) is 0 Å². The average Bonchev–Trinajstić information content (AvgIpc) is 2.92. The maximum atomic E-state index is 3.26. The molecular weight excluding hydrogens is 311 g/mol. The van der Waals surface area contributed by atoms with E-state index in [4.69, 9.17) is 0 Å². The minimum Gasteiger partial charge on any atom is -1.00 e. The second kappa shape index (κ2) is 16.3. The van der Waals surface area contributed by atoms with Gasteiger partial charge in [-0.2, -0.15) is 12.2 Å². The van der Waals surface area contributed by atoms with Crippen molar-refractivity contribution >= 4 is 0 Å². The van der Waals surface area contributed by atoms with Crippen molar-refractivity contribution in [1.82, 2.24) is 0 Å². The van der Waals surface area contributed by atoms with Crippen LogP contribution in [0.25, 0.3) is 0 Å². The van der Waals surface area contributed by atoms with E-state index in [0.717, 1.165) is 12.8 Å². The van der Waals surface area contributed by atoms with Crippen LogP contribution in [-0.2, 0) is 21.7 Å². The van der Waals surface area contributed by atoms with E-state index in [1.165, 1.54) is 36.8 Å². The monoisotopic (exact) mass is 332 g/mol. The number of rotatable bonds is 4. The van der Waals surface area contributed by atoms with E-state index in [-0.39, 0.29) is 46.5 Å². The van der Waals surface area contributed by atoms with Gasteiger partial charge >= 0.3 is 21.7 Å². The number of halogens is 2. The van der Waals surface area contributed by atoms with Crippen LogP contribution < -0.4 is 24.8 Å². The third kappa shape index (κ3) is 11.8. The van der Waals surface area contributed by atoms with Crippen LogP contribution in [0.5, 0.6) is 0 Å². The van der Waals surface area contributed by atoms with Crippen LogP contribution in [0.4, 0.5) is 0 Å². The van der Waals surface area contributed by atoms with Crippen LogP contribution in [0.3, 0.4) is 0 Å². The third-order valence-corrected chi connectivity index (χ3v) is 2.57. The summed E-state index contributed by atoms with van der Waals surface area (Å²) >= 11 is 0. The third-order valence-electron chi connectivity index (χ3n) is 2.57. The van der Waals surface area contributed by atoms with E-state index >= 15 is 0 Å². The molecule has 0 N–H and O–H groups in total. The first-order valence-corrected chi connectivity index (χ1v) is 6.39. The van der Waals surface area contributed by atoms with E-state index in [0.29, 0.717) is 0 Å². The van der Waals surface area contributed by atoms with Crippen LogP contribution in [0.1, 0.15) is 52.4 Å². The van der Waals surface area contributed by atoms with Crippen molar-refractivity contribution in [2.45, 2.75) is 52.4 Å². The molecule has 0 heterocycles. The first-order valence-electron chi connectivity index (χ1n) is 6.39. The fourth-order valence-electron chi connectivity index (χ4n) is 1.78. The molecule has 0 saturated heterocycles. The fraction of sp³-hybridized carbons (Fsp3) is 0.500. The quantitative estimate of drug-likeness (QED) is 0.455. The normalized spacial score (nSPS) is 14.2. The van der Waals surface area contributed by atoms with Crippen LogP contribution in [0.15, 0.2) is 35.5 Å². The summed E-state index contributed by atoms with van der Waals surface area (Å²) < 4.78 is 0. The van der Waals surface area contributed by atoms with Crippen molar-refractivity contribution < 1.29 is 46.5 Å². The van der Waals surface area contributed by atoms with Gasteiger partial charge in [0.1, 0.15) is 0 Å². The Labute approximate surface area is 146 Å². The predicted molar refractivity (Wildman–Crippen MR) is 70.8 cm³/mol. The van der Waals surface area contributed by atoms with Crippen LogP contribution in [-0.4, -0.2) is 0 Å². The maximum Gasteiger partial charge on any atom is 4.00 e. The standard InChI is InChI=1S/2C8H11.2ClH.Ti/c2*1-2-5-8-6-3-4-7-8;;;/h2*3,6H,2,4-5H2,1H3;2*1H;/q2*-1;;;+4/p-2. The summed E-state index contributed by atoms with van der Waals surface area (Å²) in [6.45, 7) is 4.39. The van der Waals surface area contributed by atoms with Gasteiger partial charge in [-0.3, -0.25) is 12.2 Å². The molecule has 0 fully saturated rings. The zero-order valence-electron chi connectivity index (χ0n) is 11.8. The molecule has 0 aromatic rings. The van der Waals surface area contributed by atoms with Crippen molar-refractivity contribution in [3.63, 3.8) is 0 Å². The van der Waals surface area contributed by atoms with E-state index in [1.807, 2.05) is 0 Å². The van der Waals surface area contributed by atoms with Gasteiger partial charge in [0.2, 0.25) is 0 Å². The second-order valence-corrected chi connectivity index (χ2v) is 4.12. The largest absolute Gasteiger partial charge is 4.00 e. The van der Waals surface area contributed by atoms with Gasteiger partial charge in [-0.15, -0.1) is 12.8 Å². The van der Waals surface area contributed by atoms with Crippen molar-refractivity contribution in [3.05, 3.63) is 47.6 Å². The molecular formula is C16H22Cl2Ti. The Balaban J connectivity index is -0.000000233. The molecule has 0 saturated carbocycles. The Bertz CT molecular complexity index is 283. The number of hydrogen-bond acceptors (Lipinski definition) is 0. The summed E-state index contributed by atoms with van der Waals surface area (Å²) in [5.74, 6) is 0. The van der Waals surface area contributed by atoms with Gasteiger partial charge in [0.05, 0.1) is 0 Å². The minimum absolute atomic E-state index is 0. The molecule has 0 bridgehead atoms. The first-order chi connectivity index (χ1) is 7.86. The first kappa shape index (κ1) is 24.3. The second-order valence-electron chi connectivity index (χ2n) is 4.12. The Kier molecular flexibility index (Phi) is 20.8.